The Morgan fingerprint density at radius 2 is 1.21 bits per heavy atom. The minimum absolute atomic E-state index is 0.112. The summed E-state index contributed by atoms with van der Waals surface area (Å²) in [5.41, 5.74) is 9.40. The second-order valence-corrected chi connectivity index (χ2v) is 4.36. The van der Waals surface area contributed by atoms with Crippen LogP contribution in [0.2, 0.25) is 0 Å². The van der Waals surface area contributed by atoms with E-state index in [2.05, 4.69) is 0 Å². The van der Waals surface area contributed by atoms with Crippen molar-refractivity contribution in [1.29, 1.82) is 0 Å². The molecule has 0 aromatic heterocycles. The fourth-order valence-electron chi connectivity index (χ4n) is 2.08. The Morgan fingerprint density at radius 3 is 1.74 bits per heavy atom. The molecular weight excluding hydrogens is 238 g/mol. The Morgan fingerprint density at radius 1 is 0.737 bits per heavy atom. The molecule has 2 N–H and O–H groups in total. The van der Waals surface area contributed by atoms with Crippen molar-refractivity contribution in [2.24, 2.45) is 5.73 Å². The van der Waals surface area contributed by atoms with Crippen molar-refractivity contribution in [3.8, 4) is 0 Å². The van der Waals surface area contributed by atoms with Crippen molar-refractivity contribution in [2.45, 2.75) is 12.3 Å². The van der Waals surface area contributed by atoms with E-state index in [1.807, 2.05) is 54.6 Å². The molecule has 0 aliphatic carbocycles. The molecule has 0 saturated carbocycles. The van der Waals surface area contributed by atoms with E-state index in [9.17, 15) is 0 Å². The van der Waals surface area contributed by atoms with Crippen molar-refractivity contribution in [1.82, 2.24) is 0 Å². The molecule has 0 heterocycles. The Bertz CT molecular complexity index is 492. The van der Waals surface area contributed by atoms with E-state index in [0.717, 1.165) is 16.7 Å². The quantitative estimate of drug-likeness (QED) is 0.837. The van der Waals surface area contributed by atoms with Crippen LogP contribution in [-0.4, -0.2) is 14.2 Å². The van der Waals surface area contributed by atoms with Crippen LogP contribution in [0.4, 0.5) is 0 Å². The summed E-state index contributed by atoms with van der Waals surface area (Å²) < 4.78 is 10.4. The molecule has 100 valence electrons. The van der Waals surface area contributed by atoms with E-state index in [0.29, 0.717) is 0 Å². The zero-order valence-corrected chi connectivity index (χ0v) is 11.2. The number of methoxy groups -OCH3 is 2. The molecule has 0 spiro atoms. The molecular formula is C16H19NO2. The molecule has 19 heavy (non-hydrogen) atoms. The fraction of sp³-hybridized carbons (Fsp3) is 0.250. The Kier molecular flexibility index (Phi) is 4.68. The summed E-state index contributed by atoms with van der Waals surface area (Å²) in [4.78, 5) is 0. The van der Waals surface area contributed by atoms with Crippen molar-refractivity contribution in [3.05, 3.63) is 71.3 Å². The van der Waals surface area contributed by atoms with Gasteiger partial charge in [-0.2, -0.15) is 0 Å². The van der Waals surface area contributed by atoms with Gasteiger partial charge in [-0.15, -0.1) is 0 Å². The first kappa shape index (κ1) is 13.7. The maximum atomic E-state index is 6.24. The van der Waals surface area contributed by atoms with Gasteiger partial charge in [0.25, 0.3) is 0 Å². The van der Waals surface area contributed by atoms with Crippen molar-refractivity contribution < 1.29 is 9.47 Å². The molecule has 1 unspecified atom stereocenters. The predicted molar refractivity (Wildman–Crippen MR) is 75.7 cm³/mol. The van der Waals surface area contributed by atoms with Gasteiger partial charge in [0.15, 0.2) is 6.29 Å². The summed E-state index contributed by atoms with van der Waals surface area (Å²) in [6.07, 6.45) is -0.331. The molecule has 0 bridgehead atoms. The molecule has 2 aromatic carbocycles. The first-order valence-electron chi connectivity index (χ1n) is 6.22. The third-order valence-corrected chi connectivity index (χ3v) is 3.15. The van der Waals surface area contributed by atoms with E-state index in [1.165, 1.54) is 0 Å². The van der Waals surface area contributed by atoms with Gasteiger partial charge >= 0.3 is 0 Å². The lowest BCUT2D eigenvalue weighted by atomic mass is 9.98. The Hall–Kier alpha value is -1.68. The maximum Gasteiger partial charge on any atom is 0.183 e. The number of rotatable bonds is 5. The van der Waals surface area contributed by atoms with E-state index < -0.39 is 0 Å². The van der Waals surface area contributed by atoms with E-state index in [-0.39, 0.29) is 12.3 Å². The predicted octanol–water partition coefficient (Wildman–Crippen LogP) is 3.03. The average molecular weight is 257 g/mol. The van der Waals surface area contributed by atoms with Crippen molar-refractivity contribution >= 4 is 0 Å². The molecule has 1 atom stereocenters. The first-order chi connectivity index (χ1) is 9.26. The van der Waals surface area contributed by atoms with Crippen LogP contribution >= 0.6 is 0 Å². The average Bonchev–Trinajstić information content (AvgIpc) is 2.49. The minimum atomic E-state index is -0.331. The molecule has 0 amide bonds. The van der Waals surface area contributed by atoms with Crippen molar-refractivity contribution in [3.63, 3.8) is 0 Å². The minimum Gasteiger partial charge on any atom is -0.352 e. The highest BCUT2D eigenvalue weighted by molar-refractivity contribution is 5.33. The number of benzene rings is 2. The Balaban J connectivity index is 2.19. The van der Waals surface area contributed by atoms with Gasteiger partial charge in [0.05, 0.1) is 6.04 Å². The molecule has 3 heteroatoms. The monoisotopic (exact) mass is 257 g/mol. The van der Waals surface area contributed by atoms with Gasteiger partial charge in [0, 0.05) is 19.8 Å². The maximum absolute atomic E-state index is 6.24. The van der Waals surface area contributed by atoms with Crippen LogP contribution < -0.4 is 5.73 Å². The van der Waals surface area contributed by atoms with E-state index in [1.54, 1.807) is 14.2 Å². The number of hydrogen-bond acceptors (Lipinski definition) is 3. The molecule has 0 saturated heterocycles. The summed E-state index contributed by atoms with van der Waals surface area (Å²) in [6.45, 7) is 0. The molecule has 0 radical (unpaired) electrons. The van der Waals surface area contributed by atoms with Gasteiger partial charge in [-0.05, 0) is 11.1 Å². The fourth-order valence-corrected chi connectivity index (χ4v) is 2.08. The van der Waals surface area contributed by atoms with Gasteiger partial charge < -0.3 is 15.2 Å². The zero-order chi connectivity index (χ0) is 13.7. The number of ether oxygens (including phenoxy) is 2. The number of hydrogen-bond donors (Lipinski definition) is 1. The summed E-state index contributed by atoms with van der Waals surface area (Å²) in [6, 6.07) is 17.9. The zero-order valence-electron chi connectivity index (χ0n) is 11.2. The van der Waals surface area contributed by atoms with Gasteiger partial charge in [0.2, 0.25) is 0 Å². The van der Waals surface area contributed by atoms with E-state index >= 15 is 0 Å². The summed E-state index contributed by atoms with van der Waals surface area (Å²) >= 11 is 0. The van der Waals surface area contributed by atoms with Crippen LogP contribution in [-0.2, 0) is 9.47 Å². The largest absolute Gasteiger partial charge is 0.352 e. The highest BCUT2D eigenvalue weighted by Gasteiger charge is 2.11. The van der Waals surface area contributed by atoms with Gasteiger partial charge in [-0.1, -0.05) is 54.6 Å². The molecule has 3 nitrogen and oxygen atoms in total. The van der Waals surface area contributed by atoms with Gasteiger partial charge in [0.1, 0.15) is 0 Å². The molecule has 2 rings (SSSR count). The first-order valence-corrected chi connectivity index (χ1v) is 6.22. The van der Waals surface area contributed by atoms with Crippen molar-refractivity contribution in [2.75, 3.05) is 14.2 Å². The standard InChI is InChI=1S/C16H19NO2/c1-18-16(19-2)14-10-8-13(9-11-14)15(17)12-6-4-3-5-7-12/h3-11,15-16H,17H2,1-2H3. The molecule has 0 aliphatic rings. The smallest absolute Gasteiger partial charge is 0.183 e. The SMILES string of the molecule is COC(OC)c1ccc(C(N)c2ccccc2)cc1. The molecule has 2 aromatic rings. The van der Waals surface area contributed by atoms with Crippen LogP contribution in [0, 0.1) is 0 Å². The van der Waals surface area contributed by atoms with Crippen LogP contribution in [0.1, 0.15) is 29.0 Å². The highest BCUT2D eigenvalue weighted by atomic mass is 16.7. The third-order valence-electron chi connectivity index (χ3n) is 3.15. The number of nitrogens with two attached hydrogens (primary N) is 1. The molecule has 0 aliphatic heterocycles. The summed E-state index contributed by atoms with van der Waals surface area (Å²) in [5.74, 6) is 0. The lowest BCUT2D eigenvalue weighted by Crippen LogP contribution is -2.12. The van der Waals surface area contributed by atoms with Crippen LogP contribution in [0.15, 0.2) is 54.6 Å². The molecule has 0 fully saturated rings. The second kappa shape index (κ2) is 6.48. The van der Waals surface area contributed by atoms with Gasteiger partial charge in [-0.3, -0.25) is 0 Å². The lowest BCUT2D eigenvalue weighted by molar-refractivity contribution is -0.106. The van der Waals surface area contributed by atoms with E-state index in [4.69, 9.17) is 15.2 Å². The summed E-state index contributed by atoms with van der Waals surface area (Å²) in [7, 11) is 3.25. The second-order valence-electron chi connectivity index (χ2n) is 4.36. The van der Waals surface area contributed by atoms with Crippen LogP contribution in [0.25, 0.3) is 0 Å². The topological polar surface area (TPSA) is 44.5 Å². The lowest BCUT2D eigenvalue weighted by Gasteiger charge is -2.16. The van der Waals surface area contributed by atoms with Crippen LogP contribution in [0.5, 0.6) is 0 Å². The normalized spacial score (nSPS) is 12.6. The summed E-state index contributed by atoms with van der Waals surface area (Å²) in [5, 5.41) is 0. The third kappa shape index (κ3) is 3.20. The van der Waals surface area contributed by atoms with Crippen LogP contribution in [0.3, 0.4) is 0 Å². The Labute approximate surface area is 114 Å². The van der Waals surface area contributed by atoms with Gasteiger partial charge in [-0.25, -0.2) is 0 Å². The highest BCUT2D eigenvalue weighted by Crippen LogP contribution is 2.23.